The van der Waals surface area contributed by atoms with Crippen LogP contribution in [0.1, 0.15) is 41.5 Å². The van der Waals surface area contributed by atoms with Gasteiger partial charge in [-0.25, -0.2) is 0 Å². The molecule has 0 aliphatic carbocycles. The van der Waals surface area contributed by atoms with E-state index in [4.69, 9.17) is 12.2 Å². The molecule has 0 aliphatic heterocycles. The molecule has 0 radical (unpaired) electrons. The third kappa shape index (κ3) is 3.20. The van der Waals surface area contributed by atoms with Gasteiger partial charge in [0.1, 0.15) is 0 Å². The highest BCUT2D eigenvalue weighted by atomic mass is 32.1. The van der Waals surface area contributed by atoms with Crippen molar-refractivity contribution in [3.63, 3.8) is 0 Å². The number of rotatable bonds is 8. The lowest BCUT2D eigenvalue weighted by Crippen LogP contribution is -2.50. The SMILES string of the molecule is CC[Si](CC)(CC)C(=C=S)[Si](CC)(CC)CC. The second-order valence-electron chi connectivity index (χ2n) is 5.16. The van der Waals surface area contributed by atoms with Gasteiger partial charge in [0.25, 0.3) is 0 Å². The Labute approximate surface area is 116 Å². The minimum Gasteiger partial charge on any atom is -0.0675 e. The van der Waals surface area contributed by atoms with Crippen molar-refractivity contribution in [3.05, 3.63) is 4.82 Å². The van der Waals surface area contributed by atoms with Crippen molar-refractivity contribution in [1.29, 1.82) is 0 Å². The first-order valence-electron chi connectivity index (χ1n) is 7.32. The third-order valence-corrected chi connectivity index (χ3v) is 19.5. The Balaban J connectivity index is 5.68. The van der Waals surface area contributed by atoms with Crippen molar-refractivity contribution < 1.29 is 0 Å². The van der Waals surface area contributed by atoms with E-state index in [9.17, 15) is 0 Å². The lowest BCUT2D eigenvalue weighted by atomic mass is 10.9. The van der Waals surface area contributed by atoms with Crippen LogP contribution in [0.15, 0.2) is 4.82 Å². The Kier molecular flexibility index (Phi) is 7.81. The van der Waals surface area contributed by atoms with Crippen LogP contribution in [0.3, 0.4) is 0 Å². The van der Waals surface area contributed by atoms with Gasteiger partial charge in [-0.05, 0) is 17.0 Å². The zero-order valence-corrected chi connectivity index (χ0v) is 15.5. The fourth-order valence-electron chi connectivity index (χ4n) is 3.34. The van der Waals surface area contributed by atoms with Gasteiger partial charge in [-0.15, -0.1) is 0 Å². The molecule has 17 heavy (non-hydrogen) atoms. The van der Waals surface area contributed by atoms with E-state index in [1.807, 2.05) is 0 Å². The molecule has 0 spiro atoms. The van der Waals surface area contributed by atoms with E-state index >= 15 is 0 Å². The molecular weight excluding hydrogens is 256 g/mol. The molecule has 0 bridgehead atoms. The van der Waals surface area contributed by atoms with E-state index < -0.39 is 16.1 Å². The van der Waals surface area contributed by atoms with Crippen LogP contribution in [-0.2, 0) is 0 Å². The van der Waals surface area contributed by atoms with Gasteiger partial charge in [0.05, 0.1) is 16.1 Å². The van der Waals surface area contributed by atoms with Crippen molar-refractivity contribution in [2.75, 3.05) is 0 Å². The molecule has 0 aromatic heterocycles. The normalized spacial score (nSPS) is 12.4. The summed E-state index contributed by atoms with van der Waals surface area (Å²) in [6.45, 7) is 14.3. The highest BCUT2D eigenvalue weighted by Crippen LogP contribution is 2.38. The van der Waals surface area contributed by atoms with Gasteiger partial charge >= 0.3 is 0 Å². The minimum absolute atomic E-state index is 1.28. The van der Waals surface area contributed by atoms with Crippen LogP contribution < -0.4 is 0 Å². The summed E-state index contributed by atoms with van der Waals surface area (Å²) >= 11 is 5.35. The highest BCUT2D eigenvalue weighted by Gasteiger charge is 2.43. The van der Waals surface area contributed by atoms with E-state index in [0.717, 1.165) is 0 Å². The average Bonchev–Trinajstić information content (AvgIpc) is 2.40. The smallest absolute Gasteiger partial charge is 0.0675 e. The van der Waals surface area contributed by atoms with E-state index in [1.165, 1.54) is 36.3 Å². The second-order valence-corrected chi connectivity index (χ2v) is 16.2. The molecular formula is C14H30SSi2. The molecule has 0 rings (SSSR count). The van der Waals surface area contributed by atoms with Gasteiger partial charge in [-0.1, -0.05) is 82.8 Å². The maximum Gasteiger partial charge on any atom is 0.0867 e. The average molecular weight is 287 g/mol. The van der Waals surface area contributed by atoms with Crippen molar-refractivity contribution in [2.24, 2.45) is 0 Å². The van der Waals surface area contributed by atoms with E-state index in [-0.39, 0.29) is 0 Å². The van der Waals surface area contributed by atoms with Crippen LogP contribution >= 0.6 is 12.2 Å². The Morgan fingerprint density at radius 1 is 0.706 bits per heavy atom. The summed E-state index contributed by atoms with van der Waals surface area (Å²) in [7, 11) is -2.56. The number of thiocarbonyl (C=S) groups is 1. The Morgan fingerprint density at radius 2 is 0.941 bits per heavy atom. The van der Waals surface area contributed by atoms with Crippen LogP contribution in [0.5, 0.6) is 0 Å². The zero-order chi connectivity index (χ0) is 13.5. The summed E-state index contributed by atoms with van der Waals surface area (Å²) < 4.78 is 0. The Hall–Kier alpha value is 0.304. The predicted molar refractivity (Wildman–Crippen MR) is 90.5 cm³/mol. The molecule has 100 valence electrons. The molecule has 0 heterocycles. The molecule has 0 saturated heterocycles. The van der Waals surface area contributed by atoms with Crippen molar-refractivity contribution in [1.82, 2.24) is 0 Å². The maximum atomic E-state index is 5.35. The van der Waals surface area contributed by atoms with Crippen LogP contribution in [0, 0.1) is 0 Å². The molecule has 0 fully saturated rings. The fourth-order valence-corrected chi connectivity index (χ4v) is 17.9. The molecule has 0 unspecified atom stereocenters. The van der Waals surface area contributed by atoms with Gasteiger partial charge in [-0.2, -0.15) is 0 Å². The predicted octanol–water partition coefficient (Wildman–Crippen LogP) is 5.61. The first kappa shape index (κ1) is 17.3. The van der Waals surface area contributed by atoms with Gasteiger partial charge in [0.15, 0.2) is 0 Å². The fraction of sp³-hybridized carbons (Fsp3) is 0.857. The monoisotopic (exact) mass is 286 g/mol. The first-order chi connectivity index (χ1) is 8.06. The third-order valence-electron chi connectivity index (χ3n) is 5.22. The van der Waals surface area contributed by atoms with Gasteiger partial charge in [0, 0.05) is 0 Å². The molecule has 3 heteroatoms. The van der Waals surface area contributed by atoms with Gasteiger partial charge < -0.3 is 0 Å². The van der Waals surface area contributed by atoms with Crippen molar-refractivity contribution in [3.8, 4) is 0 Å². The molecule has 0 nitrogen and oxygen atoms in total. The van der Waals surface area contributed by atoms with Crippen LogP contribution in [0.4, 0.5) is 0 Å². The lowest BCUT2D eigenvalue weighted by molar-refractivity contribution is 1.15. The molecule has 0 aromatic rings. The largest absolute Gasteiger partial charge is 0.0867 e. The molecule has 0 aliphatic rings. The molecule has 0 amide bonds. The summed E-state index contributed by atoms with van der Waals surface area (Å²) in [6, 6.07) is 8.13. The van der Waals surface area contributed by atoms with Crippen LogP contribution in [0.2, 0.25) is 36.3 Å². The van der Waals surface area contributed by atoms with Crippen molar-refractivity contribution >= 4 is 33.4 Å². The topological polar surface area (TPSA) is 0 Å². The number of hydrogen-bond acceptors (Lipinski definition) is 1. The van der Waals surface area contributed by atoms with Crippen molar-refractivity contribution in [2.45, 2.75) is 77.8 Å². The molecule has 0 aromatic carbocycles. The first-order valence-corrected chi connectivity index (χ1v) is 13.0. The minimum atomic E-state index is -1.28. The van der Waals surface area contributed by atoms with Gasteiger partial charge in [0.2, 0.25) is 0 Å². The van der Waals surface area contributed by atoms with E-state index in [2.05, 4.69) is 46.6 Å². The maximum absolute atomic E-state index is 5.35. The van der Waals surface area contributed by atoms with Gasteiger partial charge in [-0.3, -0.25) is 0 Å². The zero-order valence-electron chi connectivity index (χ0n) is 12.7. The molecule has 0 atom stereocenters. The van der Waals surface area contributed by atoms with Crippen LogP contribution in [0.25, 0.3) is 0 Å². The summed E-state index contributed by atoms with van der Waals surface area (Å²) in [5, 5.41) is 3.31. The number of hydrogen-bond donors (Lipinski definition) is 0. The quantitative estimate of drug-likeness (QED) is 0.413. The van der Waals surface area contributed by atoms with Crippen LogP contribution in [-0.4, -0.2) is 21.2 Å². The molecule has 0 saturated carbocycles. The second kappa shape index (κ2) is 7.68. The summed E-state index contributed by atoms with van der Waals surface area (Å²) in [5.74, 6) is 0. The Bertz CT molecular complexity index is 233. The lowest BCUT2D eigenvalue weighted by Gasteiger charge is -2.41. The van der Waals surface area contributed by atoms with E-state index in [0.29, 0.717) is 0 Å². The van der Waals surface area contributed by atoms with E-state index in [1.54, 1.807) is 4.82 Å². The summed E-state index contributed by atoms with van der Waals surface area (Å²) in [4.78, 5) is 1.71. The summed E-state index contributed by atoms with van der Waals surface area (Å²) in [5.41, 5.74) is 0. The highest BCUT2D eigenvalue weighted by molar-refractivity contribution is 7.78. The summed E-state index contributed by atoms with van der Waals surface area (Å²) in [6.07, 6.45) is 0. The standard InChI is InChI=1S/C14H30SSi2/c1-7-16(8-2,9-3)14(13-15)17(10-4,11-5)12-6/h7-12H2,1-6H3. The molecule has 0 N–H and O–H groups in total. The Morgan fingerprint density at radius 3 is 1.06 bits per heavy atom.